The van der Waals surface area contributed by atoms with Crippen LogP contribution in [-0.4, -0.2) is 24.7 Å². The minimum absolute atomic E-state index is 0.0442. The number of aryl methyl sites for hydroxylation is 2. The number of aromatic amines is 1. The predicted octanol–water partition coefficient (Wildman–Crippen LogP) is 2.41. The number of hydrogen-bond donors (Lipinski definition) is 1. The first kappa shape index (κ1) is 14.8. The van der Waals surface area contributed by atoms with Gasteiger partial charge in [-0.1, -0.05) is 30.3 Å². The van der Waals surface area contributed by atoms with Gasteiger partial charge in [-0.3, -0.25) is 14.5 Å². The third-order valence-electron chi connectivity index (χ3n) is 3.81. The molecular formula is C17H15N5OS. The van der Waals surface area contributed by atoms with E-state index in [1.54, 1.807) is 10.9 Å². The van der Waals surface area contributed by atoms with Gasteiger partial charge in [0.15, 0.2) is 5.82 Å². The van der Waals surface area contributed by atoms with E-state index >= 15 is 0 Å². The van der Waals surface area contributed by atoms with Crippen molar-refractivity contribution in [2.45, 2.75) is 19.4 Å². The number of hydrogen-bond acceptors (Lipinski definition) is 5. The molecule has 120 valence electrons. The molecular weight excluding hydrogens is 322 g/mol. The van der Waals surface area contributed by atoms with Gasteiger partial charge in [0.25, 0.3) is 5.56 Å². The van der Waals surface area contributed by atoms with E-state index in [0.29, 0.717) is 17.1 Å². The highest BCUT2D eigenvalue weighted by atomic mass is 32.1. The lowest BCUT2D eigenvalue weighted by Crippen LogP contribution is -2.20. The minimum atomic E-state index is -0.0442. The molecule has 7 heteroatoms. The Morgan fingerprint density at radius 3 is 2.88 bits per heavy atom. The van der Waals surface area contributed by atoms with Crippen molar-refractivity contribution in [1.82, 2.24) is 24.7 Å². The smallest absolute Gasteiger partial charge is 0.271 e. The van der Waals surface area contributed by atoms with Crippen LogP contribution in [0, 0.1) is 0 Å². The molecule has 0 aliphatic rings. The maximum atomic E-state index is 12.4. The van der Waals surface area contributed by atoms with Gasteiger partial charge in [0.2, 0.25) is 0 Å². The molecule has 0 unspecified atom stereocenters. The average Bonchev–Trinajstić information content (AvgIpc) is 3.26. The van der Waals surface area contributed by atoms with Crippen molar-refractivity contribution in [3.8, 4) is 0 Å². The van der Waals surface area contributed by atoms with E-state index in [0.717, 1.165) is 24.2 Å². The van der Waals surface area contributed by atoms with Crippen molar-refractivity contribution < 1.29 is 0 Å². The molecule has 1 aromatic carbocycles. The summed E-state index contributed by atoms with van der Waals surface area (Å²) in [4.78, 5) is 21.2. The van der Waals surface area contributed by atoms with E-state index in [9.17, 15) is 4.79 Å². The first-order valence-electron chi connectivity index (χ1n) is 7.66. The summed E-state index contributed by atoms with van der Waals surface area (Å²) in [5, 5.41) is 9.03. The van der Waals surface area contributed by atoms with E-state index < -0.39 is 0 Å². The molecule has 4 aromatic rings. The number of H-pyrrole nitrogens is 1. The van der Waals surface area contributed by atoms with Crippen LogP contribution in [0.15, 0.2) is 52.9 Å². The fourth-order valence-electron chi connectivity index (χ4n) is 2.57. The van der Waals surface area contributed by atoms with E-state index in [1.165, 1.54) is 16.9 Å². The molecule has 0 bridgehead atoms. The number of benzene rings is 1. The van der Waals surface area contributed by atoms with Gasteiger partial charge in [-0.25, -0.2) is 9.97 Å². The van der Waals surface area contributed by atoms with Crippen molar-refractivity contribution in [1.29, 1.82) is 0 Å². The Morgan fingerprint density at radius 1 is 1.12 bits per heavy atom. The van der Waals surface area contributed by atoms with Gasteiger partial charge in [0.1, 0.15) is 10.5 Å². The highest BCUT2D eigenvalue weighted by Gasteiger charge is 2.09. The lowest BCUT2D eigenvalue weighted by atomic mass is 10.1. The van der Waals surface area contributed by atoms with Gasteiger partial charge < -0.3 is 0 Å². The van der Waals surface area contributed by atoms with Crippen LogP contribution in [0.25, 0.3) is 10.2 Å². The normalized spacial score (nSPS) is 11.2. The number of fused-ring (bicyclic) bond motifs is 1. The molecule has 0 aliphatic heterocycles. The number of thiophene rings is 1. The SMILES string of the molecule is O=c1c2sccc2ncn1Cc1nc(CCc2ccccc2)n[nH]1. The average molecular weight is 337 g/mol. The molecule has 0 saturated heterocycles. The first-order chi connectivity index (χ1) is 11.8. The molecule has 0 spiro atoms. The third kappa shape index (κ3) is 2.98. The molecule has 4 rings (SSSR count). The molecule has 0 fully saturated rings. The topological polar surface area (TPSA) is 76.5 Å². The first-order valence-corrected chi connectivity index (χ1v) is 8.54. The summed E-state index contributed by atoms with van der Waals surface area (Å²) in [7, 11) is 0. The van der Waals surface area contributed by atoms with Crippen LogP contribution in [0.1, 0.15) is 17.2 Å². The zero-order chi connectivity index (χ0) is 16.4. The molecule has 24 heavy (non-hydrogen) atoms. The Morgan fingerprint density at radius 2 is 2.00 bits per heavy atom. The highest BCUT2D eigenvalue weighted by molar-refractivity contribution is 7.17. The largest absolute Gasteiger partial charge is 0.290 e. The van der Waals surface area contributed by atoms with Gasteiger partial charge in [-0.05, 0) is 23.4 Å². The quantitative estimate of drug-likeness (QED) is 0.607. The van der Waals surface area contributed by atoms with Crippen LogP contribution >= 0.6 is 11.3 Å². The molecule has 3 heterocycles. The summed E-state index contributed by atoms with van der Waals surface area (Å²) >= 11 is 1.41. The van der Waals surface area contributed by atoms with E-state index in [1.807, 2.05) is 29.6 Å². The van der Waals surface area contributed by atoms with Gasteiger partial charge in [0.05, 0.1) is 18.4 Å². The lowest BCUT2D eigenvalue weighted by Gasteiger charge is -2.01. The fourth-order valence-corrected chi connectivity index (χ4v) is 3.36. The molecule has 3 aromatic heterocycles. The van der Waals surface area contributed by atoms with Crippen LogP contribution in [0.4, 0.5) is 0 Å². The minimum Gasteiger partial charge on any atom is -0.290 e. The highest BCUT2D eigenvalue weighted by Crippen LogP contribution is 2.13. The molecule has 0 amide bonds. The van der Waals surface area contributed by atoms with Gasteiger partial charge in [0, 0.05) is 6.42 Å². The summed E-state index contributed by atoms with van der Waals surface area (Å²) in [6.07, 6.45) is 3.21. The van der Waals surface area contributed by atoms with Crippen LogP contribution in [-0.2, 0) is 19.4 Å². The van der Waals surface area contributed by atoms with E-state index in [-0.39, 0.29) is 5.56 Å². The standard InChI is InChI=1S/C17H15N5OS/c23-17-16-13(8-9-24-16)18-11-22(17)10-15-19-14(20-21-15)7-6-12-4-2-1-3-5-12/h1-5,8-9,11H,6-7,10H2,(H,19,20,21). The molecule has 1 N–H and O–H groups in total. The Bertz CT molecular complexity index is 1020. The van der Waals surface area contributed by atoms with Crippen molar-refractivity contribution in [2.24, 2.45) is 0 Å². The second kappa shape index (κ2) is 6.37. The number of rotatable bonds is 5. The van der Waals surface area contributed by atoms with Crippen LogP contribution in [0.3, 0.4) is 0 Å². The molecule has 0 radical (unpaired) electrons. The van der Waals surface area contributed by atoms with E-state index in [2.05, 4.69) is 32.3 Å². The number of aromatic nitrogens is 5. The van der Waals surface area contributed by atoms with Crippen molar-refractivity contribution >= 4 is 21.6 Å². The predicted molar refractivity (Wildman–Crippen MR) is 93.2 cm³/mol. The van der Waals surface area contributed by atoms with Gasteiger partial charge in [-0.15, -0.1) is 11.3 Å². The molecule has 0 saturated carbocycles. The van der Waals surface area contributed by atoms with E-state index in [4.69, 9.17) is 0 Å². The third-order valence-corrected chi connectivity index (χ3v) is 4.71. The van der Waals surface area contributed by atoms with Crippen LogP contribution in [0.2, 0.25) is 0 Å². The van der Waals surface area contributed by atoms with Crippen molar-refractivity contribution in [3.05, 3.63) is 75.7 Å². The fraction of sp³-hybridized carbons (Fsp3) is 0.176. The Balaban J connectivity index is 1.48. The molecule has 6 nitrogen and oxygen atoms in total. The Labute approximate surface area is 141 Å². The number of nitrogens with one attached hydrogen (secondary N) is 1. The maximum absolute atomic E-state index is 12.4. The summed E-state index contributed by atoms with van der Waals surface area (Å²) in [5.74, 6) is 1.42. The molecule has 0 aliphatic carbocycles. The monoisotopic (exact) mass is 337 g/mol. The summed E-state index contributed by atoms with van der Waals surface area (Å²) < 4.78 is 2.22. The van der Waals surface area contributed by atoms with Crippen LogP contribution in [0.5, 0.6) is 0 Å². The zero-order valence-electron chi connectivity index (χ0n) is 12.8. The van der Waals surface area contributed by atoms with Crippen LogP contribution < -0.4 is 5.56 Å². The summed E-state index contributed by atoms with van der Waals surface area (Å²) in [5.41, 5.74) is 1.95. The molecule has 0 atom stereocenters. The second-order valence-electron chi connectivity index (χ2n) is 5.50. The van der Waals surface area contributed by atoms with Gasteiger partial charge in [-0.2, -0.15) is 5.10 Å². The lowest BCUT2D eigenvalue weighted by molar-refractivity contribution is 0.710. The Hall–Kier alpha value is -2.80. The maximum Gasteiger partial charge on any atom is 0.271 e. The van der Waals surface area contributed by atoms with Crippen molar-refractivity contribution in [3.63, 3.8) is 0 Å². The zero-order valence-corrected chi connectivity index (χ0v) is 13.7. The summed E-state index contributed by atoms with van der Waals surface area (Å²) in [6.45, 7) is 0.345. The van der Waals surface area contributed by atoms with Crippen molar-refractivity contribution in [2.75, 3.05) is 0 Å². The van der Waals surface area contributed by atoms with Gasteiger partial charge >= 0.3 is 0 Å². The second-order valence-corrected chi connectivity index (χ2v) is 6.41. The number of nitrogens with zero attached hydrogens (tertiary/aromatic N) is 4. The Kier molecular flexibility index (Phi) is 3.92. The summed E-state index contributed by atoms with van der Waals surface area (Å²) in [6, 6.07) is 12.1.